The lowest BCUT2D eigenvalue weighted by molar-refractivity contribution is -0.122. The van der Waals surface area contributed by atoms with Crippen molar-refractivity contribution in [2.75, 3.05) is 5.32 Å². The zero-order chi connectivity index (χ0) is 27.3. The van der Waals surface area contributed by atoms with E-state index >= 15 is 0 Å². The lowest BCUT2D eigenvalue weighted by Gasteiger charge is -2.29. The molecular formula is C34H25N5OS. The average Bonchev–Trinajstić information content (AvgIpc) is 3.64. The molecule has 0 radical (unpaired) electrons. The molecule has 41 heavy (non-hydrogen) atoms. The van der Waals surface area contributed by atoms with Gasteiger partial charge in [0.25, 0.3) is 0 Å². The SMILES string of the molecule is O=C1NN=C2C=C(c3ccc4c(c3)Nc3ccccc3S4)CC(c3cn(-c4ccccc4)nc3-c3ccccc3)C12. The molecule has 1 amide bonds. The van der Waals surface area contributed by atoms with Gasteiger partial charge >= 0.3 is 0 Å². The Balaban J connectivity index is 1.22. The molecule has 198 valence electrons. The number of nitrogens with zero attached hydrogens (tertiary/aromatic N) is 3. The molecule has 1 aromatic heterocycles. The third-order valence-electron chi connectivity index (χ3n) is 8.00. The van der Waals surface area contributed by atoms with Crippen LogP contribution in [0.25, 0.3) is 22.5 Å². The van der Waals surface area contributed by atoms with Crippen molar-refractivity contribution in [2.45, 2.75) is 22.1 Å². The first-order valence-electron chi connectivity index (χ1n) is 13.7. The molecule has 2 aliphatic heterocycles. The Kier molecular flexibility index (Phi) is 5.63. The molecule has 3 aliphatic rings. The first-order chi connectivity index (χ1) is 20.2. The summed E-state index contributed by atoms with van der Waals surface area (Å²) in [5.74, 6) is -0.553. The topological polar surface area (TPSA) is 71.3 Å². The maximum Gasteiger partial charge on any atom is 0.249 e. The van der Waals surface area contributed by atoms with Gasteiger partial charge in [-0.1, -0.05) is 78.5 Å². The summed E-state index contributed by atoms with van der Waals surface area (Å²) in [5.41, 5.74) is 12.0. The van der Waals surface area contributed by atoms with Gasteiger partial charge in [0.05, 0.1) is 34.4 Å². The zero-order valence-electron chi connectivity index (χ0n) is 22.0. The van der Waals surface area contributed by atoms with Gasteiger partial charge in [0.2, 0.25) is 5.91 Å². The summed E-state index contributed by atoms with van der Waals surface area (Å²) in [7, 11) is 0. The molecule has 2 N–H and O–H groups in total. The number of carbonyl (C=O) groups excluding carboxylic acids is 1. The molecule has 0 bridgehead atoms. The number of nitrogens with one attached hydrogen (secondary N) is 2. The van der Waals surface area contributed by atoms with E-state index in [9.17, 15) is 4.79 Å². The van der Waals surface area contributed by atoms with Crippen molar-refractivity contribution < 1.29 is 4.79 Å². The predicted octanol–water partition coefficient (Wildman–Crippen LogP) is 7.42. The minimum Gasteiger partial charge on any atom is -0.354 e. The molecule has 8 rings (SSSR count). The summed E-state index contributed by atoms with van der Waals surface area (Å²) in [5, 5.41) is 13.1. The highest BCUT2D eigenvalue weighted by molar-refractivity contribution is 7.99. The lowest BCUT2D eigenvalue weighted by Crippen LogP contribution is -2.31. The molecular weight excluding hydrogens is 526 g/mol. The Morgan fingerprint density at radius 2 is 1.56 bits per heavy atom. The van der Waals surface area contributed by atoms with Crippen molar-refractivity contribution in [3.05, 3.63) is 127 Å². The Bertz CT molecular complexity index is 1880. The van der Waals surface area contributed by atoms with Gasteiger partial charge < -0.3 is 5.32 Å². The second-order valence-electron chi connectivity index (χ2n) is 10.5. The van der Waals surface area contributed by atoms with Crippen LogP contribution in [0.3, 0.4) is 0 Å². The van der Waals surface area contributed by atoms with Crippen molar-refractivity contribution in [3.8, 4) is 16.9 Å². The van der Waals surface area contributed by atoms with Crippen molar-refractivity contribution in [2.24, 2.45) is 11.0 Å². The van der Waals surface area contributed by atoms with Gasteiger partial charge in [-0.05, 0) is 60.0 Å². The van der Waals surface area contributed by atoms with E-state index in [4.69, 9.17) is 5.10 Å². The number of allylic oxidation sites excluding steroid dienone is 2. The fraction of sp³-hybridized carbons (Fsp3) is 0.0882. The van der Waals surface area contributed by atoms with E-state index in [0.717, 1.165) is 50.7 Å². The minimum absolute atomic E-state index is 0.0631. The van der Waals surface area contributed by atoms with Gasteiger partial charge in [-0.2, -0.15) is 10.2 Å². The minimum atomic E-state index is -0.368. The number of hydrazone groups is 1. The monoisotopic (exact) mass is 551 g/mol. The van der Waals surface area contributed by atoms with Crippen LogP contribution in [0.2, 0.25) is 0 Å². The summed E-state index contributed by atoms with van der Waals surface area (Å²) in [6.07, 6.45) is 4.88. The highest BCUT2D eigenvalue weighted by Gasteiger charge is 2.42. The first-order valence-corrected chi connectivity index (χ1v) is 14.5. The van der Waals surface area contributed by atoms with E-state index in [1.807, 2.05) is 53.2 Å². The van der Waals surface area contributed by atoms with Crippen LogP contribution in [0.5, 0.6) is 0 Å². The molecule has 7 heteroatoms. The Labute approximate surface area is 241 Å². The Morgan fingerprint density at radius 1 is 0.805 bits per heavy atom. The van der Waals surface area contributed by atoms with E-state index < -0.39 is 0 Å². The van der Waals surface area contributed by atoms with Crippen LogP contribution in [0.15, 0.2) is 130 Å². The van der Waals surface area contributed by atoms with Gasteiger partial charge in [-0.15, -0.1) is 0 Å². The number of aromatic nitrogens is 2. The number of fused-ring (bicyclic) bond motifs is 3. The van der Waals surface area contributed by atoms with Crippen LogP contribution < -0.4 is 10.7 Å². The van der Waals surface area contributed by atoms with Crippen molar-refractivity contribution in [3.63, 3.8) is 0 Å². The van der Waals surface area contributed by atoms with Gasteiger partial charge in [0.1, 0.15) is 0 Å². The molecule has 6 nitrogen and oxygen atoms in total. The van der Waals surface area contributed by atoms with Crippen LogP contribution >= 0.6 is 11.8 Å². The molecule has 1 aliphatic carbocycles. The van der Waals surface area contributed by atoms with Gasteiger partial charge in [-0.25, -0.2) is 10.1 Å². The molecule has 0 spiro atoms. The van der Waals surface area contributed by atoms with E-state index in [-0.39, 0.29) is 17.7 Å². The van der Waals surface area contributed by atoms with Crippen LogP contribution in [-0.2, 0) is 4.79 Å². The van der Waals surface area contributed by atoms with Gasteiger partial charge in [0, 0.05) is 33.0 Å². The number of para-hydroxylation sites is 2. The molecule has 0 saturated heterocycles. The highest BCUT2D eigenvalue weighted by atomic mass is 32.2. The van der Waals surface area contributed by atoms with Gasteiger partial charge in [0.15, 0.2) is 0 Å². The molecule has 5 aromatic rings. The van der Waals surface area contributed by atoms with Crippen LogP contribution in [0.4, 0.5) is 11.4 Å². The summed E-state index contributed by atoms with van der Waals surface area (Å²) >= 11 is 1.78. The van der Waals surface area contributed by atoms with E-state index in [2.05, 4.69) is 82.7 Å². The maximum atomic E-state index is 13.2. The molecule has 0 saturated carbocycles. The molecule has 2 atom stereocenters. The van der Waals surface area contributed by atoms with E-state index in [1.54, 1.807) is 11.8 Å². The fourth-order valence-electron chi connectivity index (χ4n) is 6.02. The molecule has 0 fully saturated rings. The van der Waals surface area contributed by atoms with E-state index in [1.165, 1.54) is 9.79 Å². The third-order valence-corrected chi connectivity index (χ3v) is 9.15. The fourth-order valence-corrected chi connectivity index (χ4v) is 6.99. The number of benzene rings is 4. The number of rotatable bonds is 4. The third kappa shape index (κ3) is 4.17. The number of hydrogen-bond acceptors (Lipinski definition) is 5. The van der Waals surface area contributed by atoms with E-state index in [0.29, 0.717) is 6.42 Å². The average molecular weight is 552 g/mol. The lowest BCUT2D eigenvalue weighted by atomic mass is 9.73. The summed E-state index contributed by atoms with van der Waals surface area (Å²) < 4.78 is 1.93. The largest absolute Gasteiger partial charge is 0.354 e. The molecule has 3 heterocycles. The van der Waals surface area contributed by atoms with Crippen molar-refractivity contribution in [1.82, 2.24) is 15.2 Å². The quantitative estimate of drug-likeness (QED) is 0.239. The van der Waals surface area contributed by atoms with Crippen LogP contribution in [-0.4, -0.2) is 21.4 Å². The highest BCUT2D eigenvalue weighted by Crippen LogP contribution is 2.48. The van der Waals surface area contributed by atoms with Crippen LogP contribution in [0, 0.1) is 5.92 Å². The number of amides is 1. The zero-order valence-corrected chi connectivity index (χ0v) is 22.8. The number of carbonyl (C=O) groups is 1. The summed E-state index contributed by atoms with van der Waals surface area (Å²) in [6, 6.07) is 35.3. The smallest absolute Gasteiger partial charge is 0.249 e. The maximum absolute atomic E-state index is 13.2. The standard InChI is InChI=1S/C34H25N5OS/c40-34-32-25(26-20-39(24-11-5-2-6-12-24)38-33(26)21-9-3-1-4-10-21)17-23(19-29(32)36-37-34)22-15-16-31-28(18-22)35-27-13-7-8-14-30(27)41-31/h1-16,18-20,25,32,35H,17H2,(H,37,40). The second kappa shape index (κ2) is 9.64. The van der Waals surface area contributed by atoms with Gasteiger partial charge in [-0.3, -0.25) is 4.79 Å². The Morgan fingerprint density at radius 3 is 2.41 bits per heavy atom. The number of hydrogen-bond donors (Lipinski definition) is 2. The summed E-state index contributed by atoms with van der Waals surface area (Å²) in [6.45, 7) is 0. The normalized spacial score (nSPS) is 18.8. The molecule has 4 aromatic carbocycles. The van der Waals surface area contributed by atoms with Crippen LogP contribution in [0.1, 0.15) is 23.5 Å². The predicted molar refractivity (Wildman–Crippen MR) is 164 cm³/mol. The first kappa shape index (κ1) is 24.0. The number of anilines is 2. The van der Waals surface area contributed by atoms with Crippen molar-refractivity contribution in [1.29, 1.82) is 0 Å². The van der Waals surface area contributed by atoms with Crippen molar-refractivity contribution >= 4 is 40.3 Å². The summed E-state index contributed by atoms with van der Waals surface area (Å²) in [4.78, 5) is 15.6. The Hall–Kier alpha value is -4.88. The molecule has 2 unspecified atom stereocenters. The second-order valence-corrected chi connectivity index (χ2v) is 11.6.